The van der Waals surface area contributed by atoms with Crippen molar-refractivity contribution in [2.75, 3.05) is 18.5 Å². The second-order valence-electron chi connectivity index (χ2n) is 8.25. The fourth-order valence-corrected chi connectivity index (χ4v) is 4.32. The van der Waals surface area contributed by atoms with Crippen LogP contribution in [0.2, 0.25) is 0 Å². The molecule has 2 atom stereocenters. The van der Waals surface area contributed by atoms with Gasteiger partial charge in [0, 0.05) is 28.2 Å². The minimum Gasteiger partial charge on any atom is -0.398 e. The predicted molar refractivity (Wildman–Crippen MR) is 128 cm³/mol. The van der Waals surface area contributed by atoms with Crippen LogP contribution >= 0.6 is 11.8 Å². The number of alkyl halides is 3. The van der Waals surface area contributed by atoms with Gasteiger partial charge < -0.3 is 21.7 Å². The van der Waals surface area contributed by atoms with E-state index in [1.807, 2.05) is 18.4 Å². The molecule has 3 amide bonds. The lowest BCUT2D eigenvalue weighted by Gasteiger charge is -2.33. The topological polar surface area (TPSA) is 113 Å². The van der Waals surface area contributed by atoms with Gasteiger partial charge in [0.25, 0.3) is 11.8 Å². The Balaban J connectivity index is 1.57. The van der Waals surface area contributed by atoms with Crippen LogP contribution in [-0.4, -0.2) is 42.6 Å². The number of nitrogens with one attached hydrogen (secondary N) is 3. The molecule has 1 aliphatic rings. The number of hydrogen-bond acceptors (Lipinski definition) is 5. The summed E-state index contributed by atoms with van der Waals surface area (Å²) in [4.78, 5) is 38.5. The Labute approximate surface area is 205 Å². The van der Waals surface area contributed by atoms with Crippen LogP contribution in [0, 0.1) is 0 Å². The Morgan fingerprint density at radius 2 is 1.60 bits per heavy atom. The number of carbonyl (C=O) groups excluding carboxylic acids is 3. The van der Waals surface area contributed by atoms with Crippen molar-refractivity contribution in [2.24, 2.45) is 0 Å². The van der Waals surface area contributed by atoms with E-state index in [0.29, 0.717) is 24.5 Å². The number of nitrogen functional groups attached to an aromatic ring is 1. The third-order valence-electron chi connectivity index (χ3n) is 5.82. The third kappa shape index (κ3) is 7.14. The summed E-state index contributed by atoms with van der Waals surface area (Å²) in [5.41, 5.74) is 4.67. The number of thioether (sulfide) groups is 1. The molecule has 0 saturated heterocycles. The Kier molecular flexibility index (Phi) is 8.66. The first kappa shape index (κ1) is 26.4. The quantitative estimate of drug-likeness (QED) is 0.337. The van der Waals surface area contributed by atoms with Crippen LogP contribution in [0.15, 0.2) is 47.4 Å². The van der Waals surface area contributed by atoms with Gasteiger partial charge in [0.1, 0.15) is 0 Å². The van der Waals surface area contributed by atoms with Crippen molar-refractivity contribution in [2.45, 2.75) is 48.8 Å². The van der Waals surface area contributed by atoms with Gasteiger partial charge in [-0.05, 0) is 61.6 Å². The summed E-state index contributed by atoms with van der Waals surface area (Å²) in [7, 11) is 0. The molecule has 5 N–H and O–H groups in total. The normalized spacial score (nSPS) is 17.9. The number of nitrogens with two attached hydrogens (primary N) is 1. The zero-order valence-corrected chi connectivity index (χ0v) is 19.9. The fraction of sp³-hybridized carbons (Fsp3) is 0.375. The Bertz CT molecular complexity index is 1080. The summed E-state index contributed by atoms with van der Waals surface area (Å²) < 4.78 is 38.8. The van der Waals surface area contributed by atoms with Crippen molar-refractivity contribution in [3.63, 3.8) is 0 Å². The van der Waals surface area contributed by atoms with Crippen LogP contribution in [0.5, 0.6) is 0 Å². The van der Waals surface area contributed by atoms with E-state index in [1.54, 1.807) is 23.9 Å². The first-order valence-electron chi connectivity index (χ1n) is 11.1. The van der Waals surface area contributed by atoms with Crippen LogP contribution in [0.3, 0.4) is 0 Å². The molecule has 35 heavy (non-hydrogen) atoms. The number of amides is 3. The van der Waals surface area contributed by atoms with Crippen LogP contribution in [0.4, 0.5) is 18.9 Å². The van der Waals surface area contributed by atoms with E-state index in [1.165, 1.54) is 0 Å². The number of anilines is 1. The van der Waals surface area contributed by atoms with E-state index < -0.39 is 30.1 Å². The molecule has 0 aromatic heterocycles. The first-order chi connectivity index (χ1) is 16.6. The van der Waals surface area contributed by atoms with Gasteiger partial charge in [0.05, 0.1) is 17.7 Å². The molecular weight excluding hydrogens is 481 g/mol. The van der Waals surface area contributed by atoms with E-state index in [-0.39, 0.29) is 29.2 Å². The average molecular weight is 509 g/mol. The molecule has 11 heteroatoms. The minimum absolute atomic E-state index is 0.128. The second kappa shape index (κ2) is 11.5. The molecular formula is C24H27F3N4O3S. The maximum atomic E-state index is 12.9. The van der Waals surface area contributed by atoms with Crippen molar-refractivity contribution in [3.05, 3.63) is 59.2 Å². The SMILES string of the molecule is CSc1ccc(C(=O)N[C@H]2CCCC[C@H]2NC(=O)CNC(=O)c2cc(C(F)(F)F)ccc2N)cc1. The van der Waals surface area contributed by atoms with E-state index in [2.05, 4.69) is 16.0 Å². The number of rotatable bonds is 7. The largest absolute Gasteiger partial charge is 0.416 e. The van der Waals surface area contributed by atoms with Gasteiger partial charge in [-0.1, -0.05) is 12.8 Å². The summed E-state index contributed by atoms with van der Waals surface area (Å²) >= 11 is 1.57. The minimum atomic E-state index is -4.63. The maximum Gasteiger partial charge on any atom is 0.416 e. The van der Waals surface area contributed by atoms with E-state index in [9.17, 15) is 27.6 Å². The number of halogens is 3. The standard InChI is InChI=1S/C24H27F3N4O3S/c1-35-16-9-6-14(7-10-16)22(33)31-20-5-3-2-4-19(20)30-21(32)13-29-23(34)17-12-15(24(25,26)27)8-11-18(17)28/h6-12,19-20H,2-5,13,28H2,1H3,(H,29,34)(H,30,32)(H,31,33)/t19-,20+/m1/s1. The van der Waals surface area contributed by atoms with Gasteiger partial charge in [0.2, 0.25) is 5.91 Å². The molecule has 0 radical (unpaired) electrons. The predicted octanol–water partition coefficient (Wildman–Crippen LogP) is 3.60. The summed E-state index contributed by atoms with van der Waals surface area (Å²) in [6, 6.07) is 9.03. The monoisotopic (exact) mass is 508 g/mol. The highest BCUT2D eigenvalue weighted by Gasteiger charge is 2.32. The Morgan fingerprint density at radius 1 is 0.971 bits per heavy atom. The van der Waals surface area contributed by atoms with Crippen LogP contribution < -0.4 is 21.7 Å². The van der Waals surface area contributed by atoms with Crippen molar-refractivity contribution in [1.29, 1.82) is 0 Å². The molecule has 2 aromatic rings. The van der Waals surface area contributed by atoms with E-state index in [0.717, 1.165) is 29.9 Å². The lowest BCUT2D eigenvalue weighted by Crippen LogP contribution is -2.54. The van der Waals surface area contributed by atoms with Crippen LogP contribution in [0.25, 0.3) is 0 Å². The van der Waals surface area contributed by atoms with Crippen LogP contribution in [-0.2, 0) is 11.0 Å². The Hall–Kier alpha value is -3.21. The van der Waals surface area contributed by atoms with Crippen LogP contribution in [0.1, 0.15) is 52.0 Å². The van der Waals surface area contributed by atoms with Gasteiger partial charge in [0.15, 0.2) is 0 Å². The highest BCUT2D eigenvalue weighted by molar-refractivity contribution is 7.98. The lowest BCUT2D eigenvalue weighted by atomic mass is 9.90. The number of hydrogen-bond donors (Lipinski definition) is 4. The zero-order valence-electron chi connectivity index (χ0n) is 19.1. The van der Waals surface area contributed by atoms with Crippen molar-refractivity contribution < 1.29 is 27.6 Å². The molecule has 7 nitrogen and oxygen atoms in total. The number of benzene rings is 2. The molecule has 0 aliphatic heterocycles. The van der Waals surface area contributed by atoms with Gasteiger partial charge in [-0.3, -0.25) is 14.4 Å². The zero-order chi connectivity index (χ0) is 25.6. The molecule has 1 aliphatic carbocycles. The molecule has 0 spiro atoms. The highest BCUT2D eigenvalue weighted by Crippen LogP contribution is 2.31. The smallest absolute Gasteiger partial charge is 0.398 e. The van der Waals surface area contributed by atoms with Crippen molar-refractivity contribution in [3.8, 4) is 0 Å². The summed E-state index contributed by atoms with van der Waals surface area (Å²) in [5.74, 6) is -1.64. The molecule has 188 valence electrons. The molecule has 1 fully saturated rings. The second-order valence-corrected chi connectivity index (χ2v) is 9.13. The van der Waals surface area contributed by atoms with Gasteiger partial charge in [-0.2, -0.15) is 13.2 Å². The van der Waals surface area contributed by atoms with Crippen molar-refractivity contribution in [1.82, 2.24) is 16.0 Å². The summed E-state index contributed by atoms with van der Waals surface area (Å²) in [5, 5.41) is 8.11. The van der Waals surface area contributed by atoms with Crippen molar-refractivity contribution >= 4 is 35.2 Å². The lowest BCUT2D eigenvalue weighted by molar-refractivity contribution is -0.137. The summed E-state index contributed by atoms with van der Waals surface area (Å²) in [6.07, 6.45) is 0.420. The van der Waals surface area contributed by atoms with E-state index >= 15 is 0 Å². The van der Waals surface area contributed by atoms with Gasteiger partial charge in [-0.25, -0.2) is 0 Å². The average Bonchev–Trinajstić information content (AvgIpc) is 2.83. The molecule has 1 saturated carbocycles. The third-order valence-corrected chi connectivity index (χ3v) is 6.56. The van der Waals surface area contributed by atoms with E-state index in [4.69, 9.17) is 5.73 Å². The summed E-state index contributed by atoms with van der Waals surface area (Å²) in [6.45, 7) is -0.443. The molecule has 0 heterocycles. The molecule has 0 bridgehead atoms. The van der Waals surface area contributed by atoms with Gasteiger partial charge in [-0.15, -0.1) is 11.8 Å². The maximum absolute atomic E-state index is 12.9. The number of carbonyl (C=O) groups is 3. The highest BCUT2D eigenvalue weighted by atomic mass is 32.2. The fourth-order valence-electron chi connectivity index (χ4n) is 3.91. The first-order valence-corrected chi connectivity index (χ1v) is 12.3. The Morgan fingerprint density at radius 3 is 2.20 bits per heavy atom. The molecule has 2 aromatic carbocycles. The van der Waals surface area contributed by atoms with Gasteiger partial charge >= 0.3 is 6.18 Å². The molecule has 3 rings (SSSR count). The molecule has 0 unspecified atom stereocenters.